The molecule has 0 aliphatic rings. The van der Waals surface area contributed by atoms with E-state index in [2.05, 4.69) is 9.47 Å². The summed E-state index contributed by atoms with van der Waals surface area (Å²) in [4.78, 5) is 22.5. The van der Waals surface area contributed by atoms with Crippen LogP contribution in [0, 0.1) is 0 Å². The molecule has 7 nitrogen and oxygen atoms in total. The Kier molecular flexibility index (Phi) is 11.7. The van der Waals surface area contributed by atoms with Crippen molar-refractivity contribution in [2.24, 2.45) is 0 Å². The van der Waals surface area contributed by atoms with E-state index in [-0.39, 0.29) is 25.0 Å². The highest BCUT2D eigenvalue weighted by Crippen LogP contribution is 2.27. The fraction of sp³-hybridized carbons (Fsp3) is 0.600. The van der Waals surface area contributed by atoms with E-state index in [1.165, 1.54) is 14.2 Å². The van der Waals surface area contributed by atoms with E-state index in [1.54, 1.807) is 6.07 Å². The molecule has 0 heterocycles. The van der Waals surface area contributed by atoms with Crippen LogP contribution in [0.25, 0.3) is 0 Å². The Morgan fingerprint density at radius 3 is 2.30 bits per heavy atom. The molecular formula is C20H30O7. The topological polar surface area (TPSA) is 91.3 Å². The van der Waals surface area contributed by atoms with Gasteiger partial charge in [0.2, 0.25) is 0 Å². The third-order valence-electron chi connectivity index (χ3n) is 3.95. The van der Waals surface area contributed by atoms with Gasteiger partial charge in [-0.3, -0.25) is 9.59 Å². The highest BCUT2D eigenvalue weighted by molar-refractivity contribution is 5.69. The molecule has 27 heavy (non-hydrogen) atoms. The SMILES string of the molecule is COC(=O)CCCOc1ccc(CCC(=O)OC)c(OCCCCCO)c1. The fourth-order valence-corrected chi connectivity index (χ4v) is 2.39. The lowest BCUT2D eigenvalue weighted by atomic mass is 10.1. The van der Waals surface area contributed by atoms with E-state index in [9.17, 15) is 9.59 Å². The van der Waals surface area contributed by atoms with Gasteiger partial charge in [-0.1, -0.05) is 6.07 Å². The Labute approximate surface area is 160 Å². The number of ether oxygens (including phenoxy) is 4. The van der Waals surface area contributed by atoms with Crippen molar-refractivity contribution in [3.63, 3.8) is 0 Å². The fourth-order valence-electron chi connectivity index (χ4n) is 2.39. The molecular weight excluding hydrogens is 352 g/mol. The number of aliphatic hydroxyl groups excluding tert-OH is 1. The third-order valence-corrected chi connectivity index (χ3v) is 3.95. The summed E-state index contributed by atoms with van der Waals surface area (Å²) in [6.07, 6.45) is 4.13. The molecule has 1 aromatic carbocycles. The maximum Gasteiger partial charge on any atom is 0.305 e. The molecule has 1 rings (SSSR count). The lowest BCUT2D eigenvalue weighted by Gasteiger charge is -2.14. The van der Waals surface area contributed by atoms with Gasteiger partial charge in [0.1, 0.15) is 11.5 Å². The zero-order valence-corrected chi connectivity index (χ0v) is 16.2. The zero-order chi connectivity index (χ0) is 19.9. The van der Waals surface area contributed by atoms with Crippen LogP contribution < -0.4 is 9.47 Å². The van der Waals surface area contributed by atoms with E-state index in [4.69, 9.17) is 14.6 Å². The molecule has 0 amide bonds. The molecule has 0 spiro atoms. The largest absolute Gasteiger partial charge is 0.493 e. The summed E-state index contributed by atoms with van der Waals surface area (Å²) in [5, 5.41) is 8.83. The highest BCUT2D eigenvalue weighted by Gasteiger charge is 2.10. The average molecular weight is 382 g/mol. The van der Waals surface area contributed by atoms with Gasteiger partial charge in [0.25, 0.3) is 0 Å². The molecule has 0 aromatic heterocycles. The Morgan fingerprint density at radius 1 is 0.889 bits per heavy atom. The van der Waals surface area contributed by atoms with Crippen LogP contribution in [0.4, 0.5) is 0 Å². The van der Waals surface area contributed by atoms with Crippen molar-refractivity contribution in [2.75, 3.05) is 34.0 Å². The number of aliphatic hydroxyl groups is 1. The number of methoxy groups -OCH3 is 2. The number of hydrogen-bond acceptors (Lipinski definition) is 7. The van der Waals surface area contributed by atoms with Crippen molar-refractivity contribution in [1.82, 2.24) is 0 Å². The second-order valence-electron chi connectivity index (χ2n) is 6.01. The number of esters is 2. The molecule has 1 N–H and O–H groups in total. The summed E-state index contributed by atoms with van der Waals surface area (Å²) in [5.41, 5.74) is 0.907. The third kappa shape index (κ3) is 9.84. The quantitative estimate of drug-likeness (QED) is 0.391. The average Bonchev–Trinajstić information content (AvgIpc) is 2.69. The smallest absolute Gasteiger partial charge is 0.305 e. The molecule has 0 fully saturated rings. The Bertz CT molecular complexity index is 571. The molecule has 0 atom stereocenters. The van der Waals surface area contributed by atoms with Gasteiger partial charge in [-0.05, 0) is 43.7 Å². The minimum absolute atomic E-state index is 0.180. The number of hydrogen-bond donors (Lipinski definition) is 1. The first-order chi connectivity index (χ1) is 13.1. The van der Waals surface area contributed by atoms with Gasteiger partial charge < -0.3 is 24.1 Å². The van der Waals surface area contributed by atoms with Crippen molar-refractivity contribution >= 4 is 11.9 Å². The van der Waals surface area contributed by atoms with Crippen molar-refractivity contribution < 1.29 is 33.6 Å². The highest BCUT2D eigenvalue weighted by atomic mass is 16.5. The molecule has 0 saturated heterocycles. The zero-order valence-electron chi connectivity index (χ0n) is 16.2. The number of unbranched alkanes of at least 4 members (excludes halogenated alkanes) is 2. The van der Waals surface area contributed by atoms with Gasteiger partial charge in [0.05, 0.1) is 27.4 Å². The number of carbonyl (C=O) groups is 2. The van der Waals surface area contributed by atoms with E-state index in [1.807, 2.05) is 12.1 Å². The molecule has 0 radical (unpaired) electrons. The summed E-state index contributed by atoms with van der Waals surface area (Å²) < 4.78 is 20.8. The summed E-state index contributed by atoms with van der Waals surface area (Å²) in [7, 11) is 2.73. The summed E-state index contributed by atoms with van der Waals surface area (Å²) >= 11 is 0. The number of rotatable bonds is 14. The second kappa shape index (κ2) is 13.9. The van der Waals surface area contributed by atoms with Crippen LogP contribution in [0.5, 0.6) is 11.5 Å². The monoisotopic (exact) mass is 382 g/mol. The van der Waals surface area contributed by atoms with Gasteiger partial charge in [-0.25, -0.2) is 0 Å². The van der Waals surface area contributed by atoms with Crippen molar-refractivity contribution in [3.8, 4) is 11.5 Å². The molecule has 0 unspecified atom stereocenters. The van der Waals surface area contributed by atoms with Gasteiger partial charge in [0.15, 0.2) is 0 Å². The van der Waals surface area contributed by atoms with Crippen molar-refractivity contribution in [1.29, 1.82) is 0 Å². The predicted molar refractivity (Wildman–Crippen MR) is 100.0 cm³/mol. The Morgan fingerprint density at radius 2 is 1.59 bits per heavy atom. The molecule has 7 heteroatoms. The standard InChI is InChI=1S/C20H30O7/c1-24-19(22)7-6-14-26-17-10-8-16(9-11-20(23)25-2)18(15-17)27-13-5-3-4-12-21/h8,10,15,21H,3-7,9,11-14H2,1-2H3. The van der Waals surface area contributed by atoms with E-state index >= 15 is 0 Å². The molecule has 152 valence electrons. The van der Waals surface area contributed by atoms with Crippen LogP contribution in [0.2, 0.25) is 0 Å². The second-order valence-corrected chi connectivity index (χ2v) is 6.01. The number of aryl methyl sites for hydroxylation is 1. The summed E-state index contributed by atoms with van der Waals surface area (Å²) in [6, 6.07) is 5.50. The number of benzene rings is 1. The van der Waals surface area contributed by atoms with Crippen LogP contribution in [-0.4, -0.2) is 51.1 Å². The van der Waals surface area contributed by atoms with Crippen LogP contribution in [0.15, 0.2) is 18.2 Å². The minimum atomic E-state index is -0.271. The molecule has 0 bridgehead atoms. The molecule has 0 aliphatic carbocycles. The Hall–Kier alpha value is -2.28. The van der Waals surface area contributed by atoms with Crippen LogP contribution in [0.1, 0.15) is 44.1 Å². The Balaban J connectivity index is 2.63. The van der Waals surface area contributed by atoms with E-state index in [0.29, 0.717) is 44.0 Å². The van der Waals surface area contributed by atoms with Crippen LogP contribution in [0.3, 0.4) is 0 Å². The van der Waals surface area contributed by atoms with Gasteiger partial charge in [-0.2, -0.15) is 0 Å². The first-order valence-electron chi connectivity index (χ1n) is 9.23. The van der Waals surface area contributed by atoms with Crippen LogP contribution >= 0.6 is 0 Å². The molecule has 0 saturated carbocycles. The lowest BCUT2D eigenvalue weighted by molar-refractivity contribution is -0.141. The maximum atomic E-state index is 11.4. The normalized spacial score (nSPS) is 10.3. The number of carbonyl (C=O) groups excluding carboxylic acids is 2. The van der Waals surface area contributed by atoms with Gasteiger partial charge in [0, 0.05) is 25.5 Å². The predicted octanol–water partition coefficient (Wildman–Crippen LogP) is 2.67. The molecule has 0 aliphatic heterocycles. The van der Waals surface area contributed by atoms with Gasteiger partial charge >= 0.3 is 11.9 Å². The summed E-state index contributed by atoms with van der Waals surface area (Å²) in [5.74, 6) is 0.788. The van der Waals surface area contributed by atoms with Gasteiger partial charge in [-0.15, -0.1) is 0 Å². The summed E-state index contributed by atoms with van der Waals surface area (Å²) in [6.45, 7) is 1.10. The van der Waals surface area contributed by atoms with E-state index < -0.39 is 0 Å². The van der Waals surface area contributed by atoms with E-state index in [0.717, 1.165) is 24.8 Å². The van der Waals surface area contributed by atoms with Crippen molar-refractivity contribution in [2.45, 2.75) is 44.9 Å². The van der Waals surface area contributed by atoms with Crippen LogP contribution in [-0.2, 0) is 25.5 Å². The first kappa shape index (κ1) is 22.8. The van der Waals surface area contributed by atoms with Crippen molar-refractivity contribution in [3.05, 3.63) is 23.8 Å². The lowest BCUT2D eigenvalue weighted by Crippen LogP contribution is -2.06. The minimum Gasteiger partial charge on any atom is -0.493 e. The maximum absolute atomic E-state index is 11.4. The first-order valence-corrected chi connectivity index (χ1v) is 9.23. The molecule has 1 aromatic rings.